The highest BCUT2D eigenvalue weighted by Crippen LogP contribution is 2.30. The summed E-state index contributed by atoms with van der Waals surface area (Å²) >= 11 is 17.8. The minimum Gasteiger partial charge on any atom is -0.435 e. The number of nitrogens with zero attached hydrogens (tertiary/aromatic N) is 1. The molecule has 0 aliphatic carbocycles. The summed E-state index contributed by atoms with van der Waals surface area (Å²) in [4.78, 5) is 13.5. The molecule has 1 N–H and O–H groups in total. The predicted molar refractivity (Wildman–Crippen MR) is 113 cm³/mol. The van der Waals surface area contributed by atoms with E-state index in [1.807, 2.05) is 0 Å². The first kappa shape index (κ1) is 23.9. The van der Waals surface area contributed by atoms with Crippen molar-refractivity contribution in [3.63, 3.8) is 0 Å². The van der Waals surface area contributed by atoms with Gasteiger partial charge in [0.05, 0.1) is 12.7 Å². The van der Waals surface area contributed by atoms with E-state index in [1.165, 1.54) is 29.2 Å². The number of carbonyl (C=O) groups excluding carboxylic acids is 1. The molecule has 3 rings (SSSR count). The molecule has 0 saturated carbocycles. The van der Waals surface area contributed by atoms with Gasteiger partial charge in [-0.05, 0) is 48.0 Å². The van der Waals surface area contributed by atoms with Gasteiger partial charge in [-0.3, -0.25) is 10.2 Å². The lowest BCUT2D eigenvalue weighted by molar-refractivity contribution is -0.209. The summed E-state index contributed by atoms with van der Waals surface area (Å²) in [5.74, 6) is 0. The van der Waals surface area contributed by atoms with Crippen molar-refractivity contribution >= 4 is 46.6 Å². The second kappa shape index (κ2) is 10.3. The molecule has 2 aromatic carbocycles. The van der Waals surface area contributed by atoms with Gasteiger partial charge in [-0.1, -0.05) is 34.8 Å². The molecular formula is C20H18Cl3F3N2O3. The Balaban J connectivity index is 1.64. The van der Waals surface area contributed by atoms with E-state index in [9.17, 15) is 18.0 Å². The largest absolute Gasteiger partial charge is 0.435 e. The van der Waals surface area contributed by atoms with Gasteiger partial charge in [-0.2, -0.15) is 13.2 Å². The zero-order valence-electron chi connectivity index (χ0n) is 16.0. The third-order valence-electron chi connectivity index (χ3n) is 4.54. The van der Waals surface area contributed by atoms with Crippen molar-refractivity contribution in [2.45, 2.75) is 18.4 Å². The van der Waals surface area contributed by atoms with E-state index in [-0.39, 0.29) is 25.4 Å². The Morgan fingerprint density at radius 3 is 2.39 bits per heavy atom. The molecule has 1 aliphatic rings. The molecule has 2 atom stereocenters. The molecule has 0 radical (unpaired) electrons. The highest BCUT2D eigenvalue weighted by atomic mass is 35.5. The second-order valence-electron chi connectivity index (χ2n) is 6.89. The van der Waals surface area contributed by atoms with Crippen molar-refractivity contribution in [2.75, 3.05) is 31.6 Å². The van der Waals surface area contributed by atoms with Crippen LogP contribution in [0, 0.1) is 0 Å². The van der Waals surface area contributed by atoms with Crippen molar-refractivity contribution in [3.8, 4) is 0 Å². The van der Waals surface area contributed by atoms with Crippen LogP contribution < -0.4 is 5.32 Å². The molecule has 0 aromatic heterocycles. The third-order valence-corrected chi connectivity index (χ3v) is 5.22. The zero-order chi connectivity index (χ0) is 22.6. The van der Waals surface area contributed by atoms with E-state index in [4.69, 9.17) is 44.3 Å². The molecule has 11 heteroatoms. The van der Waals surface area contributed by atoms with E-state index in [1.54, 1.807) is 18.2 Å². The fourth-order valence-electron chi connectivity index (χ4n) is 3.08. The topological polar surface area (TPSA) is 50.8 Å². The van der Waals surface area contributed by atoms with Gasteiger partial charge < -0.3 is 9.47 Å². The van der Waals surface area contributed by atoms with Crippen LogP contribution in [0.1, 0.15) is 11.7 Å². The first-order chi connectivity index (χ1) is 14.6. The van der Waals surface area contributed by atoms with Crippen LogP contribution in [0.25, 0.3) is 0 Å². The Morgan fingerprint density at radius 2 is 1.77 bits per heavy atom. The van der Waals surface area contributed by atoms with Gasteiger partial charge in [0.15, 0.2) is 0 Å². The number of rotatable bonds is 5. The van der Waals surface area contributed by atoms with Gasteiger partial charge >= 0.3 is 12.3 Å². The normalized spacial score (nSPS) is 18.5. The van der Waals surface area contributed by atoms with E-state index < -0.39 is 31.0 Å². The van der Waals surface area contributed by atoms with Gasteiger partial charge in [0, 0.05) is 40.4 Å². The number of amides is 1. The SMILES string of the molecule is O=C(Nc1ccc(Cl)cc1)OC(CN1CCO[C@H](c2cc(Cl)cc(Cl)c2)C1)C(F)(F)F. The van der Waals surface area contributed by atoms with E-state index >= 15 is 0 Å². The first-order valence-corrected chi connectivity index (χ1v) is 10.3. The van der Waals surface area contributed by atoms with Crippen molar-refractivity contribution in [3.05, 3.63) is 63.1 Å². The molecule has 1 unspecified atom stereocenters. The zero-order valence-corrected chi connectivity index (χ0v) is 18.2. The predicted octanol–water partition coefficient (Wildman–Crippen LogP) is 6.20. The van der Waals surface area contributed by atoms with Crippen molar-refractivity contribution in [1.82, 2.24) is 4.90 Å². The molecule has 1 aliphatic heterocycles. The monoisotopic (exact) mass is 496 g/mol. The highest BCUT2D eigenvalue weighted by Gasteiger charge is 2.44. The average molecular weight is 498 g/mol. The lowest BCUT2D eigenvalue weighted by atomic mass is 10.1. The molecule has 1 fully saturated rings. The number of ether oxygens (including phenoxy) is 2. The Kier molecular flexibility index (Phi) is 7.93. The van der Waals surface area contributed by atoms with Crippen molar-refractivity contribution in [1.29, 1.82) is 0 Å². The number of hydrogen-bond donors (Lipinski definition) is 1. The highest BCUT2D eigenvalue weighted by molar-refractivity contribution is 6.34. The van der Waals surface area contributed by atoms with Gasteiger partial charge in [0.1, 0.15) is 0 Å². The maximum atomic E-state index is 13.5. The average Bonchev–Trinajstić information content (AvgIpc) is 2.68. The Morgan fingerprint density at radius 1 is 1.13 bits per heavy atom. The van der Waals surface area contributed by atoms with Crippen LogP contribution in [0.4, 0.5) is 23.7 Å². The lowest BCUT2D eigenvalue weighted by Gasteiger charge is -2.35. The van der Waals surface area contributed by atoms with Crippen molar-refractivity contribution in [2.24, 2.45) is 0 Å². The smallest absolute Gasteiger partial charge is 0.426 e. The summed E-state index contributed by atoms with van der Waals surface area (Å²) in [6.45, 7) is 0.0764. The molecule has 168 valence electrons. The number of anilines is 1. The maximum Gasteiger partial charge on any atom is 0.426 e. The molecule has 0 spiro atoms. The maximum absolute atomic E-state index is 13.5. The van der Waals surface area contributed by atoms with Crippen LogP contribution in [0.5, 0.6) is 0 Å². The quantitative estimate of drug-likeness (QED) is 0.534. The van der Waals surface area contributed by atoms with Gasteiger partial charge in [-0.15, -0.1) is 0 Å². The summed E-state index contributed by atoms with van der Waals surface area (Å²) in [6, 6.07) is 10.8. The van der Waals surface area contributed by atoms with Crippen LogP contribution >= 0.6 is 34.8 Å². The molecule has 1 heterocycles. The lowest BCUT2D eigenvalue weighted by Crippen LogP contribution is -2.48. The fraction of sp³-hybridized carbons (Fsp3) is 0.350. The Hall–Kier alpha value is -1.71. The van der Waals surface area contributed by atoms with Crippen LogP contribution in [0.3, 0.4) is 0 Å². The number of nitrogens with one attached hydrogen (secondary N) is 1. The number of hydrogen-bond acceptors (Lipinski definition) is 4. The number of benzene rings is 2. The third kappa shape index (κ3) is 7.15. The summed E-state index contributed by atoms with van der Waals surface area (Å²) in [5.41, 5.74) is 0.923. The molecule has 2 aromatic rings. The standard InChI is InChI=1S/C20H18Cl3F3N2O3/c21-13-1-3-16(4-2-13)27-19(29)31-18(20(24,25)26)11-28-5-6-30-17(10-28)12-7-14(22)9-15(23)8-12/h1-4,7-9,17-18H,5-6,10-11H2,(H,27,29)/t17-,18?/m0/s1. The molecule has 5 nitrogen and oxygen atoms in total. The number of morpholine rings is 1. The van der Waals surface area contributed by atoms with Crippen LogP contribution in [-0.2, 0) is 9.47 Å². The number of halogens is 6. The summed E-state index contributed by atoms with van der Waals surface area (Å²) in [6.07, 6.45) is -8.79. The summed E-state index contributed by atoms with van der Waals surface area (Å²) in [7, 11) is 0. The van der Waals surface area contributed by atoms with Gasteiger partial charge in [0.25, 0.3) is 0 Å². The molecular weight excluding hydrogens is 480 g/mol. The van der Waals surface area contributed by atoms with Gasteiger partial charge in [0.2, 0.25) is 6.10 Å². The molecule has 0 bridgehead atoms. The molecule has 31 heavy (non-hydrogen) atoms. The van der Waals surface area contributed by atoms with E-state index in [2.05, 4.69) is 5.32 Å². The number of carbonyl (C=O) groups is 1. The fourth-order valence-corrected chi connectivity index (χ4v) is 3.75. The summed E-state index contributed by atoms with van der Waals surface area (Å²) in [5, 5.41) is 3.49. The van der Waals surface area contributed by atoms with Crippen LogP contribution in [0.15, 0.2) is 42.5 Å². The minimum atomic E-state index is -4.75. The second-order valence-corrected chi connectivity index (χ2v) is 8.20. The first-order valence-electron chi connectivity index (χ1n) is 9.20. The van der Waals surface area contributed by atoms with E-state index in [0.29, 0.717) is 20.6 Å². The number of alkyl halides is 3. The molecule has 1 amide bonds. The minimum absolute atomic E-state index is 0.158. The summed E-state index contributed by atoms with van der Waals surface area (Å²) < 4.78 is 51.0. The van der Waals surface area contributed by atoms with Crippen LogP contribution in [-0.4, -0.2) is 49.5 Å². The Labute approximate surface area is 192 Å². The molecule has 1 saturated heterocycles. The Bertz CT molecular complexity index is 893. The van der Waals surface area contributed by atoms with Crippen LogP contribution in [0.2, 0.25) is 15.1 Å². The van der Waals surface area contributed by atoms with Crippen molar-refractivity contribution < 1.29 is 27.4 Å². The van der Waals surface area contributed by atoms with Gasteiger partial charge in [-0.25, -0.2) is 4.79 Å². The van der Waals surface area contributed by atoms with E-state index in [0.717, 1.165) is 0 Å².